The number of anilines is 1. The average molecular weight is 501 g/mol. The predicted molar refractivity (Wildman–Crippen MR) is 129 cm³/mol. The van der Waals surface area contributed by atoms with Gasteiger partial charge < -0.3 is 20.8 Å². The normalized spacial score (nSPS) is 14.7. The molecular formula is C24H25ClN4O4S. The predicted octanol–water partition coefficient (Wildman–Crippen LogP) is 4.60. The van der Waals surface area contributed by atoms with Gasteiger partial charge >= 0.3 is 0 Å². The van der Waals surface area contributed by atoms with Crippen LogP contribution in [0.3, 0.4) is 0 Å². The zero-order chi connectivity index (χ0) is 24.2. The zero-order valence-electron chi connectivity index (χ0n) is 18.4. The molecular weight excluding hydrogens is 476 g/mol. The topological polar surface area (TPSA) is 133 Å². The Morgan fingerprint density at radius 1 is 1.18 bits per heavy atom. The van der Waals surface area contributed by atoms with Crippen molar-refractivity contribution >= 4 is 46.4 Å². The second-order valence-corrected chi connectivity index (χ2v) is 9.58. The van der Waals surface area contributed by atoms with Gasteiger partial charge in [0.05, 0.1) is 12.0 Å². The first-order chi connectivity index (χ1) is 16.4. The van der Waals surface area contributed by atoms with E-state index >= 15 is 0 Å². The third-order valence-corrected chi connectivity index (χ3v) is 7.33. The first-order valence-corrected chi connectivity index (χ1v) is 12.2. The molecule has 2 amide bonds. The molecule has 0 radical (unpaired) electrons. The number of Topliss-reactive ketones (excluding diaryl/α,β-unsaturated/α-hetero) is 1. The van der Waals surface area contributed by atoms with Gasteiger partial charge in [-0.2, -0.15) is 4.37 Å². The number of hydrogen-bond acceptors (Lipinski definition) is 7. The highest BCUT2D eigenvalue weighted by atomic mass is 35.5. The Bertz CT molecular complexity index is 1190. The summed E-state index contributed by atoms with van der Waals surface area (Å²) in [6.45, 7) is 0.0313. The molecule has 0 bridgehead atoms. The molecule has 0 aliphatic heterocycles. The molecule has 1 unspecified atom stereocenters. The summed E-state index contributed by atoms with van der Waals surface area (Å²) >= 11 is 7.17. The Labute approximate surface area is 206 Å². The number of furan rings is 1. The molecule has 8 nitrogen and oxygen atoms in total. The molecule has 0 saturated heterocycles. The molecule has 178 valence electrons. The van der Waals surface area contributed by atoms with Crippen molar-refractivity contribution in [2.45, 2.75) is 44.7 Å². The SMILES string of the molecule is NC(=O)c1nsc(C(=O)N(Cc2ccccc2Cl)C(C(=O)CC2CCCC2)c2ccco2)c1N. The van der Waals surface area contributed by atoms with Crippen LogP contribution in [0.25, 0.3) is 0 Å². The number of carbonyl (C=O) groups is 3. The largest absolute Gasteiger partial charge is 0.467 e. The van der Waals surface area contributed by atoms with Crippen molar-refractivity contribution in [2.24, 2.45) is 11.7 Å². The average Bonchev–Trinajstić information content (AvgIpc) is 3.57. The van der Waals surface area contributed by atoms with Crippen molar-refractivity contribution < 1.29 is 18.8 Å². The van der Waals surface area contributed by atoms with Gasteiger partial charge in [0.15, 0.2) is 11.5 Å². The lowest BCUT2D eigenvalue weighted by Gasteiger charge is -2.30. The van der Waals surface area contributed by atoms with Crippen molar-refractivity contribution in [1.82, 2.24) is 9.27 Å². The molecule has 4 N–H and O–H groups in total. The Morgan fingerprint density at radius 3 is 2.53 bits per heavy atom. The molecule has 0 spiro atoms. The van der Waals surface area contributed by atoms with Gasteiger partial charge in [0.1, 0.15) is 16.7 Å². The van der Waals surface area contributed by atoms with E-state index in [4.69, 9.17) is 27.5 Å². The van der Waals surface area contributed by atoms with Crippen LogP contribution in [0.5, 0.6) is 0 Å². The molecule has 10 heteroatoms. The number of primary amides is 1. The van der Waals surface area contributed by atoms with E-state index < -0.39 is 17.9 Å². The maximum Gasteiger partial charge on any atom is 0.270 e. The van der Waals surface area contributed by atoms with Crippen LogP contribution in [-0.4, -0.2) is 26.9 Å². The number of benzene rings is 1. The van der Waals surface area contributed by atoms with E-state index in [-0.39, 0.29) is 34.5 Å². The smallest absolute Gasteiger partial charge is 0.270 e. The van der Waals surface area contributed by atoms with Gasteiger partial charge in [0.2, 0.25) is 0 Å². The van der Waals surface area contributed by atoms with Crippen molar-refractivity contribution in [1.29, 1.82) is 0 Å². The molecule has 1 atom stereocenters. The Kier molecular flexibility index (Phi) is 7.33. The van der Waals surface area contributed by atoms with E-state index in [0.29, 0.717) is 22.8 Å². The van der Waals surface area contributed by atoms with Gasteiger partial charge in [-0.1, -0.05) is 55.5 Å². The van der Waals surface area contributed by atoms with Gasteiger partial charge in [-0.15, -0.1) is 0 Å². The van der Waals surface area contributed by atoms with E-state index in [1.807, 2.05) is 0 Å². The summed E-state index contributed by atoms with van der Waals surface area (Å²) in [7, 11) is 0. The van der Waals surface area contributed by atoms with Crippen LogP contribution in [0.15, 0.2) is 47.1 Å². The standard InChI is InChI=1S/C24H25ClN4O4S/c25-16-9-4-3-8-15(16)13-29(24(32)22-19(26)20(23(27)31)28-34-22)21(18-10-5-11-33-18)17(30)12-14-6-1-2-7-14/h3-5,8-11,14,21H,1-2,6-7,12-13,26H2,(H2,27,31). The van der Waals surface area contributed by atoms with Crippen LogP contribution in [0, 0.1) is 5.92 Å². The molecule has 2 heterocycles. The van der Waals surface area contributed by atoms with E-state index in [2.05, 4.69) is 4.37 Å². The first kappa shape index (κ1) is 24.0. The Morgan fingerprint density at radius 2 is 1.91 bits per heavy atom. The molecule has 4 rings (SSSR count). The number of nitrogen functional groups attached to an aromatic ring is 1. The monoisotopic (exact) mass is 500 g/mol. The van der Waals surface area contributed by atoms with Crippen LogP contribution in [-0.2, 0) is 11.3 Å². The number of amides is 2. The highest BCUT2D eigenvalue weighted by Gasteiger charge is 2.37. The van der Waals surface area contributed by atoms with Crippen LogP contribution in [0.4, 0.5) is 5.69 Å². The second kappa shape index (κ2) is 10.4. The van der Waals surface area contributed by atoms with E-state index in [1.165, 1.54) is 11.2 Å². The molecule has 1 aliphatic carbocycles. The number of ketones is 1. The fourth-order valence-corrected chi connectivity index (χ4v) is 5.35. The van der Waals surface area contributed by atoms with Gasteiger partial charge in [0.25, 0.3) is 11.8 Å². The number of carbonyl (C=O) groups excluding carboxylic acids is 3. The van der Waals surface area contributed by atoms with Gasteiger partial charge in [0, 0.05) is 18.0 Å². The minimum atomic E-state index is -0.988. The highest BCUT2D eigenvalue weighted by molar-refractivity contribution is 7.09. The molecule has 1 fully saturated rings. The number of nitrogens with zero attached hydrogens (tertiary/aromatic N) is 2. The molecule has 1 saturated carbocycles. The third-order valence-electron chi connectivity index (χ3n) is 6.11. The summed E-state index contributed by atoms with van der Waals surface area (Å²) in [5.74, 6) is -0.881. The second-order valence-electron chi connectivity index (χ2n) is 8.40. The van der Waals surface area contributed by atoms with Crippen molar-refractivity contribution in [3.05, 3.63) is 69.6 Å². The number of hydrogen-bond donors (Lipinski definition) is 2. The molecule has 1 aromatic carbocycles. The van der Waals surface area contributed by atoms with E-state index in [0.717, 1.165) is 37.2 Å². The third kappa shape index (κ3) is 5.00. The van der Waals surface area contributed by atoms with Crippen LogP contribution < -0.4 is 11.5 Å². The highest BCUT2D eigenvalue weighted by Crippen LogP contribution is 2.35. The number of aromatic nitrogens is 1. The fourth-order valence-electron chi connectivity index (χ4n) is 4.39. The first-order valence-electron chi connectivity index (χ1n) is 11.0. The van der Waals surface area contributed by atoms with Gasteiger partial charge in [-0.05, 0) is 41.2 Å². The minimum absolute atomic E-state index is 0.0313. The minimum Gasteiger partial charge on any atom is -0.467 e. The van der Waals surface area contributed by atoms with Crippen molar-refractivity contribution in [3.8, 4) is 0 Å². The molecule has 3 aromatic rings. The molecule has 34 heavy (non-hydrogen) atoms. The lowest BCUT2D eigenvalue weighted by molar-refractivity contribution is -0.125. The lowest BCUT2D eigenvalue weighted by Crippen LogP contribution is -2.39. The van der Waals surface area contributed by atoms with Crippen LogP contribution in [0.1, 0.15) is 69.6 Å². The summed E-state index contributed by atoms with van der Waals surface area (Å²) in [6, 6.07) is 9.46. The van der Waals surface area contributed by atoms with Gasteiger partial charge in [-0.3, -0.25) is 14.4 Å². The van der Waals surface area contributed by atoms with E-state index in [9.17, 15) is 14.4 Å². The fraction of sp³-hybridized carbons (Fsp3) is 0.333. The lowest BCUT2D eigenvalue weighted by atomic mass is 9.94. The van der Waals surface area contributed by atoms with Gasteiger partial charge in [-0.25, -0.2) is 0 Å². The molecule has 2 aromatic heterocycles. The van der Waals surface area contributed by atoms with Crippen molar-refractivity contribution in [3.63, 3.8) is 0 Å². The quantitative estimate of drug-likeness (QED) is 0.441. The number of nitrogens with two attached hydrogens (primary N) is 2. The summed E-state index contributed by atoms with van der Waals surface area (Å²) < 4.78 is 9.58. The summed E-state index contributed by atoms with van der Waals surface area (Å²) in [5, 5.41) is 0.455. The summed E-state index contributed by atoms with van der Waals surface area (Å²) in [4.78, 5) is 40.6. The maximum atomic E-state index is 13.8. The van der Waals surface area contributed by atoms with Crippen LogP contribution >= 0.6 is 23.1 Å². The number of halogens is 1. The van der Waals surface area contributed by atoms with Crippen LogP contribution in [0.2, 0.25) is 5.02 Å². The maximum absolute atomic E-state index is 13.8. The Hall–Kier alpha value is -3.17. The zero-order valence-corrected chi connectivity index (χ0v) is 20.0. The van der Waals surface area contributed by atoms with Crippen molar-refractivity contribution in [2.75, 3.05) is 5.73 Å². The Balaban J connectivity index is 1.77. The molecule has 1 aliphatic rings. The van der Waals surface area contributed by atoms with E-state index in [1.54, 1.807) is 36.4 Å². The number of rotatable bonds is 9. The summed E-state index contributed by atoms with van der Waals surface area (Å²) in [5.41, 5.74) is 11.8. The summed E-state index contributed by atoms with van der Waals surface area (Å²) in [6.07, 6.45) is 5.97.